The summed E-state index contributed by atoms with van der Waals surface area (Å²) in [5.74, 6) is -0.220. The fraction of sp³-hybridized carbons (Fsp3) is 0.565. The maximum atomic E-state index is 11.2. The number of likely N-dealkylation sites (N-methyl/N-ethyl adjacent to an activating group) is 1. The third kappa shape index (κ3) is 38.5. The molecule has 0 radical (unpaired) electrons. The number of urea groups is 1. The Kier molecular flexibility index (Phi) is 31.7. The van der Waals surface area contributed by atoms with Crippen LogP contribution in [0.4, 0.5) is 4.79 Å². The van der Waals surface area contributed by atoms with Crippen LogP contribution >= 0.6 is 0 Å². The number of nitrogens with zero attached hydrogens (tertiary/aromatic N) is 1. The number of benzene rings is 1. The molecule has 0 aliphatic heterocycles. The first-order valence-corrected chi connectivity index (χ1v) is 9.37. The normalized spacial score (nSPS) is 9.29. The fourth-order valence-electron chi connectivity index (χ4n) is 1.76. The molecule has 1 aromatic rings. The lowest BCUT2D eigenvalue weighted by atomic mass is 10.0. The fourth-order valence-corrected chi connectivity index (χ4v) is 1.76. The molecule has 8 heteroatoms. The molecule has 3 amide bonds. The Morgan fingerprint density at radius 1 is 0.935 bits per heavy atom. The van der Waals surface area contributed by atoms with Crippen LogP contribution in [0.25, 0.3) is 0 Å². The Bertz CT molecular complexity index is 586. The topological polar surface area (TPSA) is 136 Å². The van der Waals surface area contributed by atoms with Crippen LogP contribution < -0.4 is 16.8 Å². The molecular weight excluding hydrogens is 396 g/mol. The first-order chi connectivity index (χ1) is 13.4. The van der Waals surface area contributed by atoms with Gasteiger partial charge in [-0.15, -0.1) is 0 Å². The number of amides is 3. The zero-order valence-corrected chi connectivity index (χ0v) is 18.8. The van der Waals surface area contributed by atoms with E-state index in [1.807, 2.05) is 49.3 Å². The summed E-state index contributed by atoms with van der Waals surface area (Å²) in [6, 6.07) is 8.26. The van der Waals surface area contributed by atoms with Crippen molar-refractivity contribution in [2.45, 2.75) is 68.4 Å². The van der Waals surface area contributed by atoms with Crippen molar-refractivity contribution in [3.63, 3.8) is 0 Å². The number of ketones is 2. The van der Waals surface area contributed by atoms with Gasteiger partial charge in [0.2, 0.25) is 5.91 Å². The molecule has 0 saturated heterocycles. The quantitative estimate of drug-likeness (QED) is 0.621. The van der Waals surface area contributed by atoms with Gasteiger partial charge in [-0.25, -0.2) is 4.79 Å². The molecule has 0 aliphatic carbocycles. The van der Waals surface area contributed by atoms with Crippen LogP contribution in [-0.2, 0) is 20.8 Å². The summed E-state index contributed by atoms with van der Waals surface area (Å²) >= 11 is 0. The Morgan fingerprint density at radius 2 is 1.32 bits per heavy atom. The predicted molar refractivity (Wildman–Crippen MR) is 131 cm³/mol. The van der Waals surface area contributed by atoms with E-state index < -0.39 is 12.1 Å². The van der Waals surface area contributed by atoms with Crippen molar-refractivity contribution in [2.75, 3.05) is 20.6 Å². The van der Waals surface area contributed by atoms with E-state index in [2.05, 4.69) is 24.9 Å². The molecule has 1 aromatic carbocycles. The minimum Gasteiger partial charge on any atom is -0.370 e. The van der Waals surface area contributed by atoms with Gasteiger partial charge in [0, 0.05) is 6.92 Å². The monoisotopic (exact) mass is 442 g/mol. The number of Topliss-reactive ketones (excluding diaryl/α,β-unsaturated/α-hetero) is 2. The lowest BCUT2D eigenvalue weighted by Crippen LogP contribution is -2.44. The second kappa shape index (κ2) is 25.3. The maximum absolute atomic E-state index is 11.2. The SMILES string of the molecule is C.C.CC(=O)CN(C)C.CC(=O)[C@H](Cc1ccccc1)NC(N)=O.CC(N)=O.CCC. The number of hydrogen-bond acceptors (Lipinski definition) is 5. The van der Waals surface area contributed by atoms with E-state index in [0.717, 1.165) is 5.56 Å². The number of carbonyl (C=O) groups is 4. The molecule has 0 heterocycles. The van der Waals surface area contributed by atoms with Crippen molar-refractivity contribution in [1.29, 1.82) is 0 Å². The zero-order chi connectivity index (χ0) is 23.4. The van der Waals surface area contributed by atoms with Gasteiger partial charge in [0.05, 0.1) is 12.6 Å². The molecule has 0 saturated carbocycles. The van der Waals surface area contributed by atoms with E-state index in [-0.39, 0.29) is 32.3 Å². The molecule has 0 fully saturated rings. The highest BCUT2D eigenvalue weighted by atomic mass is 16.2. The van der Waals surface area contributed by atoms with Crippen molar-refractivity contribution >= 4 is 23.5 Å². The van der Waals surface area contributed by atoms with E-state index in [1.54, 1.807) is 6.92 Å². The summed E-state index contributed by atoms with van der Waals surface area (Å²) in [5, 5.41) is 2.42. The molecule has 0 spiro atoms. The molecule has 1 atom stereocenters. The van der Waals surface area contributed by atoms with Gasteiger partial charge in [-0.3, -0.25) is 14.4 Å². The lowest BCUT2D eigenvalue weighted by molar-refractivity contribution is -0.119. The van der Waals surface area contributed by atoms with Gasteiger partial charge in [-0.05, 0) is 39.9 Å². The number of nitrogens with two attached hydrogens (primary N) is 2. The van der Waals surface area contributed by atoms with Gasteiger partial charge in [0.25, 0.3) is 0 Å². The molecule has 5 N–H and O–H groups in total. The standard InChI is InChI=1S/C11H14N2O2.C5H11NO.C3H8.C2H5NO.2CH4/c1-8(14)10(13-11(12)15)7-9-5-3-2-4-6-9;1-5(7)4-6(2)3;1-3-2;1-2(3)4;;/h2-6,10H,7H2,1H3,(H3,12,13,15);4H2,1-3H3;3H2,1-2H3;1H3,(H2,3,4);2*1H4/t10-;;;;;/m0...../s1. The third-order valence-corrected chi connectivity index (χ3v) is 2.63. The van der Waals surface area contributed by atoms with Gasteiger partial charge in [-0.1, -0.05) is 65.5 Å². The molecule has 8 nitrogen and oxygen atoms in total. The van der Waals surface area contributed by atoms with Crippen molar-refractivity contribution < 1.29 is 19.2 Å². The highest BCUT2D eigenvalue weighted by Gasteiger charge is 2.15. The average Bonchev–Trinajstić information content (AvgIpc) is 2.54. The molecule has 0 aromatic heterocycles. The highest BCUT2D eigenvalue weighted by molar-refractivity contribution is 5.86. The van der Waals surface area contributed by atoms with Crippen LogP contribution in [0.2, 0.25) is 0 Å². The summed E-state index contributed by atoms with van der Waals surface area (Å²) in [6.45, 7) is 9.13. The van der Waals surface area contributed by atoms with Crippen molar-refractivity contribution in [3.8, 4) is 0 Å². The molecular formula is C23H46N4O4. The van der Waals surface area contributed by atoms with Crippen LogP contribution in [0.5, 0.6) is 0 Å². The van der Waals surface area contributed by atoms with Gasteiger partial charge >= 0.3 is 6.03 Å². The number of nitrogens with one attached hydrogen (secondary N) is 1. The van der Waals surface area contributed by atoms with E-state index in [1.165, 1.54) is 20.3 Å². The zero-order valence-electron chi connectivity index (χ0n) is 18.8. The van der Waals surface area contributed by atoms with Gasteiger partial charge < -0.3 is 21.7 Å². The maximum Gasteiger partial charge on any atom is 0.312 e. The molecule has 31 heavy (non-hydrogen) atoms. The Labute approximate surface area is 189 Å². The second-order valence-electron chi connectivity index (χ2n) is 6.62. The number of hydrogen-bond donors (Lipinski definition) is 3. The summed E-state index contributed by atoms with van der Waals surface area (Å²) in [4.78, 5) is 43.2. The first-order valence-electron chi connectivity index (χ1n) is 9.37. The van der Waals surface area contributed by atoms with E-state index in [4.69, 9.17) is 5.73 Å². The lowest BCUT2D eigenvalue weighted by Gasteiger charge is -2.13. The minimum absolute atomic E-state index is 0. The Morgan fingerprint density at radius 3 is 1.55 bits per heavy atom. The minimum atomic E-state index is -0.675. The highest BCUT2D eigenvalue weighted by Crippen LogP contribution is 2.03. The number of carbonyl (C=O) groups excluding carboxylic acids is 4. The van der Waals surface area contributed by atoms with Crippen molar-refractivity contribution in [2.24, 2.45) is 11.5 Å². The predicted octanol–water partition coefficient (Wildman–Crippen LogP) is 3.17. The number of rotatable bonds is 6. The van der Waals surface area contributed by atoms with E-state index >= 15 is 0 Å². The number of primary amides is 2. The van der Waals surface area contributed by atoms with Crippen LogP contribution in [0.3, 0.4) is 0 Å². The van der Waals surface area contributed by atoms with Crippen molar-refractivity contribution in [1.82, 2.24) is 10.2 Å². The van der Waals surface area contributed by atoms with Crippen molar-refractivity contribution in [3.05, 3.63) is 35.9 Å². The second-order valence-corrected chi connectivity index (χ2v) is 6.62. The molecule has 0 aliphatic rings. The summed E-state index contributed by atoms with van der Waals surface area (Å²) in [5.41, 5.74) is 10.4. The first kappa shape index (κ1) is 38.8. The largest absolute Gasteiger partial charge is 0.370 e. The molecule has 0 unspecified atom stereocenters. The summed E-state index contributed by atoms with van der Waals surface area (Å²) in [7, 11) is 3.75. The van der Waals surface area contributed by atoms with E-state index in [9.17, 15) is 19.2 Å². The molecule has 182 valence electrons. The van der Waals surface area contributed by atoms with Gasteiger partial charge in [0.1, 0.15) is 5.78 Å². The van der Waals surface area contributed by atoms with Crippen LogP contribution in [0.1, 0.15) is 61.5 Å². The molecule has 1 rings (SSSR count). The average molecular weight is 443 g/mol. The third-order valence-electron chi connectivity index (χ3n) is 2.63. The smallest absolute Gasteiger partial charge is 0.312 e. The summed E-state index contributed by atoms with van der Waals surface area (Å²) < 4.78 is 0. The summed E-state index contributed by atoms with van der Waals surface area (Å²) in [6.07, 6.45) is 1.72. The van der Waals surface area contributed by atoms with E-state index in [0.29, 0.717) is 13.0 Å². The Hall–Kier alpha value is -2.74. The van der Waals surface area contributed by atoms with Gasteiger partial charge in [-0.2, -0.15) is 0 Å². The van der Waals surface area contributed by atoms with Crippen LogP contribution in [-0.4, -0.2) is 55.1 Å². The molecule has 0 bridgehead atoms. The van der Waals surface area contributed by atoms with Crippen LogP contribution in [0.15, 0.2) is 30.3 Å². The van der Waals surface area contributed by atoms with Gasteiger partial charge in [0.15, 0.2) is 5.78 Å². The Balaban J connectivity index is -0.000000119. The van der Waals surface area contributed by atoms with Crippen LogP contribution in [0, 0.1) is 0 Å².